The minimum Gasteiger partial charge on any atom is -0.371 e. The SMILES string of the molecule is COC(Cc1ccccc1)C(=O)Nc1ccc(-n2nn[nH]c2=O)cc1. The predicted octanol–water partition coefficient (Wildman–Crippen LogP) is 1.15. The third-order valence-electron chi connectivity index (χ3n) is 3.69. The van der Waals surface area contributed by atoms with E-state index >= 15 is 0 Å². The summed E-state index contributed by atoms with van der Waals surface area (Å²) in [4.78, 5) is 23.9. The van der Waals surface area contributed by atoms with Crippen molar-refractivity contribution in [3.8, 4) is 5.69 Å². The van der Waals surface area contributed by atoms with Crippen molar-refractivity contribution in [2.24, 2.45) is 0 Å². The normalized spacial score (nSPS) is 11.9. The lowest BCUT2D eigenvalue weighted by molar-refractivity contribution is -0.125. The Morgan fingerprint density at radius 1 is 1.20 bits per heavy atom. The summed E-state index contributed by atoms with van der Waals surface area (Å²) in [5.74, 6) is -0.238. The third-order valence-corrected chi connectivity index (χ3v) is 3.69. The minimum absolute atomic E-state index is 0.238. The quantitative estimate of drug-likeness (QED) is 0.701. The van der Waals surface area contributed by atoms with Gasteiger partial charge in [0.05, 0.1) is 5.69 Å². The number of benzene rings is 2. The molecule has 1 unspecified atom stereocenters. The Morgan fingerprint density at radius 3 is 2.52 bits per heavy atom. The van der Waals surface area contributed by atoms with E-state index in [0.717, 1.165) is 10.2 Å². The number of nitrogens with one attached hydrogen (secondary N) is 2. The molecule has 0 saturated heterocycles. The Balaban J connectivity index is 1.67. The van der Waals surface area contributed by atoms with Crippen LogP contribution in [0.3, 0.4) is 0 Å². The van der Waals surface area contributed by atoms with Crippen LogP contribution in [-0.4, -0.2) is 39.3 Å². The first kappa shape index (κ1) is 16.6. The lowest BCUT2D eigenvalue weighted by Crippen LogP contribution is -2.31. The van der Waals surface area contributed by atoms with E-state index in [4.69, 9.17) is 4.74 Å². The van der Waals surface area contributed by atoms with Crippen LogP contribution in [0.15, 0.2) is 59.4 Å². The summed E-state index contributed by atoms with van der Waals surface area (Å²) in [5, 5.41) is 12.1. The molecule has 1 aromatic heterocycles. The first-order valence-corrected chi connectivity index (χ1v) is 7.66. The van der Waals surface area contributed by atoms with Crippen LogP contribution in [0.5, 0.6) is 0 Å². The molecule has 2 aromatic carbocycles. The van der Waals surface area contributed by atoms with Crippen molar-refractivity contribution in [1.82, 2.24) is 20.2 Å². The number of nitrogens with zero attached hydrogens (tertiary/aromatic N) is 3. The molecular weight excluding hydrogens is 322 g/mol. The van der Waals surface area contributed by atoms with Crippen LogP contribution in [0, 0.1) is 0 Å². The van der Waals surface area contributed by atoms with E-state index in [1.165, 1.54) is 7.11 Å². The van der Waals surface area contributed by atoms with Gasteiger partial charge < -0.3 is 10.1 Å². The third kappa shape index (κ3) is 3.99. The maximum atomic E-state index is 12.4. The Labute approximate surface area is 143 Å². The van der Waals surface area contributed by atoms with Crippen LogP contribution in [0.1, 0.15) is 5.56 Å². The van der Waals surface area contributed by atoms with Crippen molar-refractivity contribution in [3.05, 3.63) is 70.6 Å². The van der Waals surface area contributed by atoms with Gasteiger partial charge in [-0.1, -0.05) is 30.3 Å². The van der Waals surface area contributed by atoms with Crippen molar-refractivity contribution in [2.75, 3.05) is 12.4 Å². The van der Waals surface area contributed by atoms with Gasteiger partial charge in [0.1, 0.15) is 6.10 Å². The van der Waals surface area contributed by atoms with E-state index in [-0.39, 0.29) is 5.91 Å². The second-order valence-corrected chi connectivity index (χ2v) is 5.37. The summed E-state index contributed by atoms with van der Waals surface area (Å²) >= 11 is 0. The van der Waals surface area contributed by atoms with Crippen LogP contribution >= 0.6 is 0 Å². The van der Waals surface area contributed by atoms with E-state index in [2.05, 4.69) is 20.8 Å². The molecule has 128 valence electrons. The molecule has 2 N–H and O–H groups in total. The van der Waals surface area contributed by atoms with Gasteiger partial charge in [0.15, 0.2) is 0 Å². The lowest BCUT2D eigenvalue weighted by Gasteiger charge is -2.15. The Hall–Kier alpha value is -3.26. The summed E-state index contributed by atoms with van der Waals surface area (Å²) in [7, 11) is 1.51. The molecule has 1 heterocycles. The topological polar surface area (TPSA) is 102 Å². The van der Waals surface area contributed by atoms with Gasteiger partial charge in [-0.25, -0.2) is 9.89 Å². The first-order valence-electron chi connectivity index (χ1n) is 7.66. The Morgan fingerprint density at radius 2 is 1.92 bits per heavy atom. The predicted molar refractivity (Wildman–Crippen MR) is 91.6 cm³/mol. The number of aromatic nitrogens is 4. The summed E-state index contributed by atoms with van der Waals surface area (Å²) in [6, 6.07) is 16.4. The highest BCUT2D eigenvalue weighted by molar-refractivity contribution is 5.94. The van der Waals surface area contributed by atoms with Gasteiger partial charge in [0.2, 0.25) is 0 Å². The molecule has 0 radical (unpaired) electrons. The Kier molecular flexibility index (Phi) is 5.00. The summed E-state index contributed by atoms with van der Waals surface area (Å²) < 4.78 is 6.43. The Bertz CT molecular complexity index is 886. The average Bonchev–Trinajstić information content (AvgIpc) is 3.07. The number of hydrogen-bond donors (Lipinski definition) is 2. The molecule has 0 spiro atoms. The molecule has 25 heavy (non-hydrogen) atoms. The van der Waals surface area contributed by atoms with E-state index < -0.39 is 11.8 Å². The fourth-order valence-electron chi connectivity index (χ4n) is 2.39. The molecule has 8 nitrogen and oxygen atoms in total. The number of amides is 1. The number of aromatic amines is 1. The van der Waals surface area contributed by atoms with Gasteiger partial charge in [0, 0.05) is 19.2 Å². The van der Waals surface area contributed by atoms with Gasteiger partial charge >= 0.3 is 5.69 Å². The second kappa shape index (κ2) is 7.54. The largest absolute Gasteiger partial charge is 0.371 e. The van der Waals surface area contributed by atoms with Gasteiger partial charge in [0.25, 0.3) is 5.91 Å². The smallest absolute Gasteiger partial charge is 0.365 e. The van der Waals surface area contributed by atoms with Crippen LogP contribution in [-0.2, 0) is 16.0 Å². The molecule has 0 aliphatic rings. The zero-order chi connectivity index (χ0) is 17.6. The van der Waals surface area contributed by atoms with Crippen LogP contribution in [0.25, 0.3) is 5.69 Å². The molecule has 3 aromatic rings. The standard InChI is InChI=1S/C17H17N5O3/c1-25-15(11-12-5-3-2-4-6-12)16(23)18-13-7-9-14(10-8-13)22-17(24)19-20-21-22/h2-10,15H,11H2,1H3,(H,18,23)(H,19,21,24). The average molecular weight is 339 g/mol. The molecule has 3 rings (SSSR count). The lowest BCUT2D eigenvalue weighted by atomic mass is 10.1. The van der Waals surface area contributed by atoms with Crippen molar-refractivity contribution in [2.45, 2.75) is 12.5 Å². The van der Waals surface area contributed by atoms with E-state index in [1.54, 1.807) is 24.3 Å². The van der Waals surface area contributed by atoms with Crippen LogP contribution < -0.4 is 11.0 Å². The number of hydrogen-bond acceptors (Lipinski definition) is 5. The maximum Gasteiger partial charge on any atom is 0.365 e. The summed E-state index contributed by atoms with van der Waals surface area (Å²) in [6.07, 6.45) is -0.115. The number of methoxy groups -OCH3 is 1. The van der Waals surface area contributed by atoms with Gasteiger partial charge in [-0.15, -0.1) is 0 Å². The molecule has 1 amide bonds. The van der Waals surface area contributed by atoms with Crippen LogP contribution in [0.2, 0.25) is 0 Å². The van der Waals surface area contributed by atoms with E-state index in [1.807, 2.05) is 30.3 Å². The van der Waals surface area contributed by atoms with E-state index in [0.29, 0.717) is 17.8 Å². The maximum absolute atomic E-state index is 12.4. The van der Waals surface area contributed by atoms with Gasteiger partial charge in [-0.3, -0.25) is 4.79 Å². The summed E-state index contributed by atoms with van der Waals surface area (Å²) in [6.45, 7) is 0. The van der Waals surface area contributed by atoms with Crippen LogP contribution in [0.4, 0.5) is 5.69 Å². The molecule has 0 bridgehead atoms. The van der Waals surface area contributed by atoms with Crippen molar-refractivity contribution in [3.63, 3.8) is 0 Å². The zero-order valence-electron chi connectivity index (χ0n) is 13.5. The van der Waals surface area contributed by atoms with Crippen molar-refractivity contribution < 1.29 is 9.53 Å². The number of rotatable bonds is 6. The number of anilines is 1. The second-order valence-electron chi connectivity index (χ2n) is 5.37. The van der Waals surface area contributed by atoms with E-state index in [9.17, 15) is 9.59 Å². The molecule has 8 heteroatoms. The number of ether oxygens (including phenoxy) is 1. The molecule has 0 saturated carbocycles. The molecule has 1 atom stereocenters. The first-order chi connectivity index (χ1) is 12.2. The number of tetrazole rings is 1. The monoisotopic (exact) mass is 339 g/mol. The van der Waals surface area contributed by atoms with Gasteiger partial charge in [-0.2, -0.15) is 4.68 Å². The molecule has 0 aliphatic carbocycles. The summed E-state index contributed by atoms with van der Waals surface area (Å²) in [5.41, 5.74) is 1.73. The fourth-order valence-corrected chi connectivity index (χ4v) is 2.39. The highest BCUT2D eigenvalue weighted by atomic mass is 16.5. The highest BCUT2D eigenvalue weighted by Gasteiger charge is 2.18. The number of carbonyl (C=O) groups excluding carboxylic acids is 1. The zero-order valence-corrected chi connectivity index (χ0v) is 13.5. The van der Waals surface area contributed by atoms with Gasteiger partial charge in [-0.05, 0) is 40.3 Å². The minimum atomic E-state index is -0.597. The number of H-pyrrole nitrogens is 1. The molecule has 0 aliphatic heterocycles. The number of carbonyl (C=O) groups is 1. The highest BCUT2D eigenvalue weighted by Crippen LogP contribution is 2.13. The van der Waals surface area contributed by atoms with Crippen molar-refractivity contribution in [1.29, 1.82) is 0 Å². The fraction of sp³-hybridized carbons (Fsp3) is 0.176. The molecular formula is C17H17N5O3. The van der Waals surface area contributed by atoms with Crippen molar-refractivity contribution >= 4 is 11.6 Å². The molecule has 0 fully saturated rings.